The first-order chi connectivity index (χ1) is 15.4. The summed E-state index contributed by atoms with van der Waals surface area (Å²) in [5.74, 6) is 0.960. The van der Waals surface area contributed by atoms with Crippen molar-refractivity contribution in [2.24, 2.45) is 0 Å². The highest BCUT2D eigenvalue weighted by molar-refractivity contribution is 7.98. The third kappa shape index (κ3) is 4.17. The average Bonchev–Trinajstić information content (AvgIpc) is 3.28. The van der Waals surface area contributed by atoms with Crippen molar-refractivity contribution in [3.8, 4) is 11.4 Å². The molecule has 2 aromatic carbocycles. The Kier molecular flexibility index (Phi) is 6.37. The number of nitrogens with one attached hydrogen (secondary N) is 1. The van der Waals surface area contributed by atoms with E-state index in [1.54, 1.807) is 16.7 Å². The van der Waals surface area contributed by atoms with Gasteiger partial charge in [0.05, 0.1) is 11.6 Å². The van der Waals surface area contributed by atoms with Crippen LogP contribution in [0, 0.1) is 13.8 Å². The van der Waals surface area contributed by atoms with Gasteiger partial charge in [-0.15, -0.1) is 11.8 Å². The highest BCUT2D eigenvalue weighted by Crippen LogP contribution is 2.38. The molecule has 166 valence electrons. The molecule has 0 fully saturated rings. The number of benzene rings is 2. The maximum Gasteiger partial charge on any atom is 0.322 e. The molecule has 4 rings (SSSR count). The Morgan fingerprint density at radius 2 is 1.84 bits per heavy atom. The molecule has 1 N–H and O–H groups in total. The fraction of sp³-hybridized carbons (Fsp3) is 0.320. The molecule has 1 aliphatic rings. The van der Waals surface area contributed by atoms with Crippen molar-refractivity contribution in [1.29, 1.82) is 0 Å². The molecule has 0 spiro atoms. The lowest BCUT2D eigenvalue weighted by atomic mass is 9.92. The smallest absolute Gasteiger partial charge is 0.322 e. The zero-order valence-corrected chi connectivity index (χ0v) is 19.9. The standard InChI is InChI=1S/C25H28N4O2S/c1-6-13-29-17(4)21(22(26-25(29)30)19-8-7-15(2)16(3)14-19)24-27-23(28-31-24)18-9-11-20(32-5)12-10-18/h7-12,14,22H,6,13H2,1-5H3,(H,26,30). The van der Waals surface area contributed by atoms with Gasteiger partial charge in [-0.2, -0.15) is 4.98 Å². The molecule has 0 aliphatic carbocycles. The van der Waals surface area contributed by atoms with Crippen molar-refractivity contribution in [2.45, 2.75) is 45.1 Å². The highest BCUT2D eigenvalue weighted by atomic mass is 32.2. The lowest BCUT2D eigenvalue weighted by Crippen LogP contribution is -2.46. The first-order valence-corrected chi connectivity index (χ1v) is 12.0. The highest BCUT2D eigenvalue weighted by Gasteiger charge is 2.35. The van der Waals surface area contributed by atoms with Crippen molar-refractivity contribution in [3.63, 3.8) is 0 Å². The quantitative estimate of drug-likeness (QED) is 0.470. The molecule has 1 aromatic heterocycles. The Morgan fingerprint density at radius 3 is 2.50 bits per heavy atom. The topological polar surface area (TPSA) is 71.3 Å². The molecule has 0 bridgehead atoms. The van der Waals surface area contributed by atoms with Crippen LogP contribution in [0.25, 0.3) is 17.0 Å². The van der Waals surface area contributed by atoms with Crippen LogP contribution in [0.4, 0.5) is 4.79 Å². The number of hydrogen-bond acceptors (Lipinski definition) is 5. The van der Waals surface area contributed by atoms with Gasteiger partial charge in [0.2, 0.25) is 5.82 Å². The Morgan fingerprint density at radius 1 is 1.09 bits per heavy atom. The molecule has 0 saturated heterocycles. The van der Waals surface area contributed by atoms with Gasteiger partial charge in [-0.3, -0.25) is 4.90 Å². The molecule has 0 saturated carbocycles. The maximum atomic E-state index is 12.9. The Balaban J connectivity index is 1.80. The fourth-order valence-corrected chi connectivity index (χ4v) is 4.34. The van der Waals surface area contributed by atoms with Crippen LogP contribution in [0.3, 0.4) is 0 Å². The van der Waals surface area contributed by atoms with Gasteiger partial charge in [0.15, 0.2) is 0 Å². The van der Waals surface area contributed by atoms with Crippen LogP contribution in [0.2, 0.25) is 0 Å². The number of thioether (sulfide) groups is 1. The van der Waals surface area contributed by atoms with Gasteiger partial charge in [-0.25, -0.2) is 4.79 Å². The number of rotatable bonds is 6. The summed E-state index contributed by atoms with van der Waals surface area (Å²) in [6, 6.07) is 13.9. The molecule has 2 heterocycles. The van der Waals surface area contributed by atoms with Crippen LogP contribution in [0.15, 0.2) is 57.6 Å². The molecule has 2 amide bonds. The van der Waals surface area contributed by atoms with E-state index in [4.69, 9.17) is 9.51 Å². The lowest BCUT2D eigenvalue weighted by molar-refractivity contribution is 0.205. The van der Waals surface area contributed by atoms with E-state index in [0.29, 0.717) is 18.3 Å². The molecular weight excluding hydrogens is 420 g/mol. The summed E-state index contributed by atoms with van der Waals surface area (Å²) in [6.07, 6.45) is 2.90. The monoisotopic (exact) mass is 448 g/mol. The third-order valence-electron chi connectivity index (χ3n) is 5.91. The molecule has 3 aromatic rings. The van der Waals surface area contributed by atoms with Crippen molar-refractivity contribution < 1.29 is 9.32 Å². The summed E-state index contributed by atoms with van der Waals surface area (Å²) in [7, 11) is 0. The molecule has 0 radical (unpaired) electrons. The van der Waals surface area contributed by atoms with Crippen LogP contribution in [0.1, 0.15) is 48.9 Å². The number of allylic oxidation sites excluding steroid dienone is 1. The molecular formula is C25H28N4O2S. The van der Waals surface area contributed by atoms with Crippen molar-refractivity contribution in [3.05, 3.63) is 70.7 Å². The minimum atomic E-state index is -0.359. The Bertz CT molecular complexity index is 1170. The van der Waals surface area contributed by atoms with Crippen molar-refractivity contribution in [2.75, 3.05) is 12.8 Å². The maximum absolute atomic E-state index is 12.9. The Labute approximate surface area is 193 Å². The average molecular weight is 449 g/mol. The predicted octanol–water partition coefficient (Wildman–Crippen LogP) is 5.98. The third-order valence-corrected chi connectivity index (χ3v) is 6.66. The summed E-state index contributed by atoms with van der Waals surface area (Å²) < 4.78 is 5.75. The zero-order chi connectivity index (χ0) is 22.8. The SMILES string of the molecule is CCCN1C(=O)NC(c2ccc(C)c(C)c2)C(c2nc(-c3ccc(SC)cc3)no2)=C1C. The van der Waals surface area contributed by atoms with Crippen LogP contribution >= 0.6 is 11.8 Å². The summed E-state index contributed by atoms with van der Waals surface area (Å²) in [5, 5.41) is 7.40. The molecule has 1 unspecified atom stereocenters. The number of aromatic nitrogens is 2. The zero-order valence-electron chi connectivity index (χ0n) is 19.1. The first kappa shape index (κ1) is 22.1. The van der Waals surface area contributed by atoms with E-state index in [1.165, 1.54) is 16.0 Å². The van der Waals surface area contributed by atoms with E-state index in [9.17, 15) is 4.79 Å². The summed E-state index contributed by atoms with van der Waals surface area (Å²) in [6.45, 7) is 8.79. The van der Waals surface area contributed by atoms with Gasteiger partial charge in [0.25, 0.3) is 5.89 Å². The van der Waals surface area contributed by atoms with E-state index in [0.717, 1.165) is 28.8 Å². The predicted molar refractivity (Wildman–Crippen MR) is 128 cm³/mol. The number of nitrogens with zero attached hydrogens (tertiary/aromatic N) is 3. The van der Waals surface area contributed by atoms with Gasteiger partial charge >= 0.3 is 6.03 Å². The second-order valence-electron chi connectivity index (χ2n) is 8.03. The molecule has 32 heavy (non-hydrogen) atoms. The van der Waals surface area contributed by atoms with Gasteiger partial charge in [-0.05, 0) is 74.4 Å². The van der Waals surface area contributed by atoms with Crippen molar-refractivity contribution in [1.82, 2.24) is 20.4 Å². The summed E-state index contributed by atoms with van der Waals surface area (Å²) >= 11 is 1.69. The molecule has 7 heteroatoms. The molecule has 1 aliphatic heterocycles. The van der Waals surface area contributed by atoms with Gasteiger partial charge in [0.1, 0.15) is 0 Å². The van der Waals surface area contributed by atoms with Crippen LogP contribution in [-0.2, 0) is 0 Å². The van der Waals surface area contributed by atoms with Crippen LogP contribution in [0.5, 0.6) is 0 Å². The second-order valence-corrected chi connectivity index (χ2v) is 8.91. The van der Waals surface area contributed by atoms with Crippen molar-refractivity contribution >= 4 is 23.4 Å². The minimum absolute atomic E-state index is 0.108. The summed E-state index contributed by atoms with van der Waals surface area (Å²) in [4.78, 5) is 20.6. The largest absolute Gasteiger partial charge is 0.334 e. The van der Waals surface area contributed by atoms with E-state index in [-0.39, 0.29) is 12.1 Å². The van der Waals surface area contributed by atoms with Crippen LogP contribution < -0.4 is 5.32 Å². The Hall–Kier alpha value is -3.06. The number of amides is 2. The number of aryl methyl sites for hydroxylation is 2. The summed E-state index contributed by atoms with van der Waals surface area (Å²) in [5.41, 5.74) is 5.94. The fourth-order valence-electron chi connectivity index (χ4n) is 3.94. The molecule has 6 nitrogen and oxygen atoms in total. The van der Waals surface area contributed by atoms with E-state index < -0.39 is 0 Å². The lowest BCUT2D eigenvalue weighted by Gasteiger charge is -2.35. The van der Waals surface area contributed by atoms with Gasteiger partial charge in [-0.1, -0.05) is 30.3 Å². The first-order valence-electron chi connectivity index (χ1n) is 10.8. The van der Waals surface area contributed by atoms with Gasteiger partial charge in [0, 0.05) is 22.7 Å². The minimum Gasteiger partial charge on any atom is -0.334 e. The van der Waals surface area contributed by atoms with Crippen LogP contribution in [-0.4, -0.2) is 33.9 Å². The second kappa shape index (κ2) is 9.20. The van der Waals surface area contributed by atoms with E-state index in [2.05, 4.69) is 49.4 Å². The number of hydrogen-bond donors (Lipinski definition) is 1. The molecule has 1 atom stereocenters. The normalized spacial score (nSPS) is 16.5. The van der Waals surface area contributed by atoms with Gasteiger partial charge < -0.3 is 9.84 Å². The number of carbonyl (C=O) groups is 1. The van der Waals surface area contributed by atoms with E-state index >= 15 is 0 Å². The number of urea groups is 1. The number of carbonyl (C=O) groups excluding carboxylic acids is 1. The van der Waals surface area contributed by atoms with E-state index in [1.807, 2.05) is 37.4 Å².